The molecule has 3 rings (SSSR count). The number of carbonyl (C=O) groups is 1. The summed E-state index contributed by atoms with van der Waals surface area (Å²) in [6, 6.07) is 5.62. The van der Waals surface area contributed by atoms with Crippen molar-refractivity contribution in [2.24, 2.45) is 0 Å². The minimum absolute atomic E-state index is 0.00973. The Labute approximate surface area is 156 Å². The molecule has 0 radical (unpaired) electrons. The van der Waals surface area contributed by atoms with Gasteiger partial charge in [0.25, 0.3) is 0 Å². The van der Waals surface area contributed by atoms with Crippen molar-refractivity contribution in [1.29, 1.82) is 0 Å². The topological polar surface area (TPSA) is 69.7 Å². The van der Waals surface area contributed by atoms with Crippen molar-refractivity contribution in [1.82, 2.24) is 9.62 Å². The second kappa shape index (κ2) is 8.06. The molecule has 1 N–H and O–H groups in total. The van der Waals surface area contributed by atoms with Crippen molar-refractivity contribution >= 4 is 21.6 Å². The highest BCUT2D eigenvalue weighted by Gasteiger charge is 2.25. The SMILES string of the molecule is CC[C@H]1CCCCN1CCNS(=O)(=O)c1ccc2c(c1)CCN2C(C)=O. The number of benzene rings is 1. The molecule has 0 saturated carbocycles. The fraction of sp³-hybridized carbons (Fsp3) is 0.632. The zero-order chi connectivity index (χ0) is 18.7. The lowest BCUT2D eigenvalue weighted by Gasteiger charge is -2.35. The van der Waals surface area contributed by atoms with Crippen LogP contribution < -0.4 is 9.62 Å². The van der Waals surface area contributed by atoms with Crippen LogP contribution in [0.1, 0.15) is 45.1 Å². The van der Waals surface area contributed by atoms with Gasteiger partial charge < -0.3 is 4.90 Å². The maximum Gasteiger partial charge on any atom is 0.240 e. The van der Waals surface area contributed by atoms with Gasteiger partial charge >= 0.3 is 0 Å². The molecule has 0 aromatic heterocycles. The highest BCUT2D eigenvalue weighted by Crippen LogP contribution is 2.30. The van der Waals surface area contributed by atoms with Crippen molar-refractivity contribution < 1.29 is 13.2 Å². The molecule has 2 aliphatic heterocycles. The van der Waals surface area contributed by atoms with Gasteiger partial charge in [0.05, 0.1) is 4.90 Å². The van der Waals surface area contributed by atoms with Crippen LogP contribution in [0, 0.1) is 0 Å². The fourth-order valence-electron chi connectivity index (χ4n) is 4.10. The van der Waals surface area contributed by atoms with E-state index < -0.39 is 10.0 Å². The molecule has 144 valence electrons. The van der Waals surface area contributed by atoms with Crippen molar-refractivity contribution in [3.05, 3.63) is 23.8 Å². The number of fused-ring (bicyclic) bond motifs is 1. The summed E-state index contributed by atoms with van der Waals surface area (Å²) >= 11 is 0. The molecule has 26 heavy (non-hydrogen) atoms. The van der Waals surface area contributed by atoms with E-state index in [9.17, 15) is 13.2 Å². The average molecular weight is 380 g/mol. The lowest BCUT2D eigenvalue weighted by Crippen LogP contribution is -2.43. The summed E-state index contributed by atoms with van der Waals surface area (Å²) in [6.07, 6.45) is 5.49. The molecule has 0 aliphatic carbocycles. The average Bonchev–Trinajstić information content (AvgIpc) is 3.05. The molecular weight excluding hydrogens is 350 g/mol. The van der Waals surface area contributed by atoms with Crippen LogP contribution in [0.2, 0.25) is 0 Å². The van der Waals surface area contributed by atoms with E-state index in [2.05, 4.69) is 16.5 Å². The third kappa shape index (κ3) is 4.10. The number of amides is 1. The van der Waals surface area contributed by atoms with Crippen molar-refractivity contribution in [2.45, 2.75) is 56.9 Å². The first-order valence-corrected chi connectivity index (χ1v) is 11.1. The molecule has 2 aliphatic rings. The number of anilines is 1. The summed E-state index contributed by atoms with van der Waals surface area (Å²) in [5.41, 5.74) is 1.75. The van der Waals surface area contributed by atoms with E-state index >= 15 is 0 Å². The zero-order valence-electron chi connectivity index (χ0n) is 15.7. The first-order valence-electron chi connectivity index (χ1n) is 9.57. The van der Waals surface area contributed by atoms with E-state index in [-0.39, 0.29) is 10.8 Å². The first-order chi connectivity index (χ1) is 12.4. The Morgan fingerprint density at radius 1 is 1.27 bits per heavy atom. The van der Waals surface area contributed by atoms with E-state index in [0.717, 1.165) is 30.8 Å². The van der Waals surface area contributed by atoms with Crippen LogP contribution in [0.4, 0.5) is 5.69 Å². The Balaban J connectivity index is 1.63. The molecule has 1 atom stereocenters. The monoisotopic (exact) mass is 379 g/mol. The summed E-state index contributed by atoms with van der Waals surface area (Å²) in [4.78, 5) is 16.0. The predicted octanol–water partition coefficient (Wildman–Crippen LogP) is 2.14. The van der Waals surface area contributed by atoms with E-state index in [1.807, 2.05) is 0 Å². The minimum atomic E-state index is -3.52. The quantitative estimate of drug-likeness (QED) is 0.822. The van der Waals surface area contributed by atoms with Crippen LogP contribution in [0.3, 0.4) is 0 Å². The summed E-state index contributed by atoms with van der Waals surface area (Å²) < 4.78 is 28.0. The van der Waals surface area contributed by atoms with Crippen molar-refractivity contribution in [3.63, 3.8) is 0 Å². The molecule has 1 saturated heterocycles. The Morgan fingerprint density at radius 2 is 2.08 bits per heavy atom. The smallest absolute Gasteiger partial charge is 0.240 e. The summed E-state index contributed by atoms with van der Waals surface area (Å²) in [6.45, 7) is 6.58. The van der Waals surface area contributed by atoms with Crippen LogP contribution in [0.15, 0.2) is 23.1 Å². The zero-order valence-corrected chi connectivity index (χ0v) is 16.5. The number of nitrogens with one attached hydrogen (secondary N) is 1. The van der Waals surface area contributed by atoms with E-state index in [4.69, 9.17) is 0 Å². The second-order valence-electron chi connectivity index (χ2n) is 7.20. The molecular formula is C19H29N3O3S. The van der Waals surface area contributed by atoms with Gasteiger partial charge in [-0.25, -0.2) is 13.1 Å². The standard InChI is InChI=1S/C19H29N3O3S/c1-3-17-6-4-5-11-21(17)13-10-20-26(24,25)18-7-8-19-16(14-18)9-12-22(19)15(2)23/h7-8,14,17,20H,3-6,9-13H2,1-2H3/t17-/m0/s1. The highest BCUT2D eigenvalue weighted by molar-refractivity contribution is 7.89. The van der Waals surface area contributed by atoms with E-state index in [1.54, 1.807) is 23.1 Å². The predicted molar refractivity (Wildman–Crippen MR) is 103 cm³/mol. The van der Waals surface area contributed by atoms with E-state index in [1.165, 1.54) is 26.2 Å². The first kappa shape index (κ1) is 19.3. The van der Waals surface area contributed by atoms with Gasteiger partial charge in [0.2, 0.25) is 15.9 Å². The Bertz CT molecular complexity index is 763. The van der Waals surface area contributed by atoms with Gasteiger partial charge in [-0.3, -0.25) is 9.69 Å². The Morgan fingerprint density at radius 3 is 2.81 bits per heavy atom. The summed E-state index contributed by atoms with van der Waals surface area (Å²) in [5.74, 6) is -0.00973. The molecule has 1 fully saturated rings. The lowest BCUT2D eigenvalue weighted by molar-refractivity contribution is -0.116. The van der Waals surface area contributed by atoms with Crippen LogP contribution in [-0.2, 0) is 21.2 Å². The third-order valence-corrected chi connectivity index (χ3v) is 7.01. The fourth-order valence-corrected chi connectivity index (χ4v) is 5.17. The number of hydrogen-bond donors (Lipinski definition) is 1. The van der Waals surface area contributed by atoms with Gasteiger partial charge in [0.1, 0.15) is 0 Å². The van der Waals surface area contributed by atoms with Gasteiger partial charge in [0, 0.05) is 38.3 Å². The normalized spacial score (nSPS) is 21.0. The molecule has 0 unspecified atom stereocenters. The molecule has 1 aromatic rings. The molecule has 0 bridgehead atoms. The van der Waals surface area contributed by atoms with Crippen LogP contribution in [0.5, 0.6) is 0 Å². The van der Waals surface area contributed by atoms with Gasteiger partial charge in [-0.15, -0.1) is 0 Å². The van der Waals surface area contributed by atoms with Gasteiger partial charge in [-0.05, 0) is 56.0 Å². The van der Waals surface area contributed by atoms with Gasteiger partial charge in [0.15, 0.2) is 0 Å². The molecule has 7 heteroatoms. The molecule has 0 spiro atoms. The maximum absolute atomic E-state index is 12.6. The Hall–Kier alpha value is -1.44. The minimum Gasteiger partial charge on any atom is -0.312 e. The molecule has 1 aromatic carbocycles. The summed E-state index contributed by atoms with van der Waals surface area (Å²) in [5, 5.41) is 0. The number of nitrogens with zero attached hydrogens (tertiary/aromatic N) is 2. The number of rotatable bonds is 6. The number of carbonyl (C=O) groups excluding carboxylic acids is 1. The van der Waals surface area contributed by atoms with Crippen LogP contribution in [-0.4, -0.2) is 51.4 Å². The number of hydrogen-bond acceptors (Lipinski definition) is 4. The van der Waals surface area contributed by atoms with Crippen molar-refractivity contribution in [2.75, 3.05) is 31.1 Å². The molecule has 6 nitrogen and oxygen atoms in total. The number of sulfonamides is 1. The largest absolute Gasteiger partial charge is 0.312 e. The van der Waals surface area contributed by atoms with Crippen LogP contribution in [0.25, 0.3) is 0 Å². The second-order valence-corrected chi connectivity index (χ2v) is 8.97. The highest BCUT2D eigenvalue weighted by atomic mass is 32.2. The molecule has 1 amide bonds. The number of likely N-dealkylation sites (tertiary alicyclic amines) is 1. The summed E-state index contributed by atoms with van der Waals surface area (Å²) in [7, 11) is -3.52. The number of piperidine rings is 1. The lowest BCUT2D eigenvalue weighted by atomic mass is 10.0. The van der Waals surface area contributed by atoms with Crippen molar-refractivity contribution in [3.8, 4) is 0 Å². The molecule has 2 heterocycles. The van der Waals surface area contributed by atoms with E-state index in [0.29, 0.717) is 25.6 Å². The van der Waals surface area contributed by atoms with Gasteiger partial charge in [-0.1, -0.05) is 13.3 Å². The third-order valence-electron chi connectivity index (χ3n) is 5.55. The van der Waals surface area contributed by atoms with Crippen LogP contribution >= 0.6 is 0 Å². The maximum atomic E-state index is 12.6. The van der Waals surface area contributed by atoms with Gasteiger partial charge in [-0.2, -0.15) is 0 Å². The Kier molecular flexibility index (Phi) is 5.99.